The molecule has 1 aromatic rings. The standard InChI is InChI=1S/C14H21NO3/c1-10(2)8-15-6-5-12(16)11-3-4-13-14(7-11)18-9-17-13/h3-4,7,10,12,15-16H,5-6,8-9H2,1-2H3. The molecule has 1 aliphatic rings. The Kier molecular flexibility index (Phi) is 4.44. The van der Waals surface area contributed by atoms with Crippen LogP contribution in [0.3, 0.4) is 0 Å². The van der Waals surface area contributed by atoms with Crippen LogP contribution in [-0.4, -0.2) is 25.0 Å². The first-order chi connectivity index (χ1) is 8.66. The lowest BCUT2D eigenvalue weighted by Gasteiger charge is -2.13. The molecule has 0 amide bonds. The van der Waals surface area contributed by atoms with Gasteiger partial charge in [0.1, 0.15) is 0 Å². The van der Waals surface area contributed by atoms with Gasteiger partial charge in [0, 0.05) is 0 Å². The van der Waals surface area contributed by atoms with Gasteiger partial charge in [0.15, 0.2) is 11.5 Å². The Labute approximate surface area is 108 Å². The molecule has 2 rings (SSSR count). The molecule has 100 valence electrons. The summed E-state index contributed by atoms with van der Waals surface area (Å²) >= 11 is 0. The summed E-state index contributed by atoms with van der Waals surface area (Å²) in [5.41, 5.74) is 0.880. The van der Waals surface area contributed by atoms with Gasteiger partial charge in [-0.15, -0.1) is 0 Å². The van der Waals surface area contributed by atoms with Gasteiger partial charge in [-0.25, -0.2) is 0 Å². The van der Waals surface area contributed by atoms with Crippen LogP contribution in [0.15, 0.2) is 18.2 Å². The normalized spacial score (nSPS) is 15.1. The first kappa shape index (κ1) is 13.2. The van der Waals surface area contributed by atoms with E-state index < -0.39 is 6.10 Å². The molecule has 1 aliphatic heterocycles. The van der Waals surface area contributed by atoms with Gasteiger partial charge in [-0.2, -0.15) is 0 Å². The first-order valence-electron chi connectivity index (χ1n) is 6.45. The summed E-state index contributed by atoms with van der Waals surface area (Å²) in [4.78, 5) is 0. The van der Waals surface area contributed by atoms with Gasteiger partial charge in [0.25, 0.3) is 0 Å². The fraction of sp³-hybridized carbons (Fsp3) is 0.571. The maximum atomic E-state index is 10.1. The maximum Gasteiger partial charge on any atom is 0.231 e. The van der Waals surface area contributed by atoms with Gasteiger partial charge in [-0.3, -0.25) is 0 Å². The number of nitrogens with one attached hydrogen (secondary N) is 1. The summed E-state index contributed by atoms with van der Waals surface area (Å²) in [6, 6.07) is 5.60. The van der Waals surface area contributed by atoms with Crippen molar-refractivity contribution in [3.63, 3.8) is 0 Å². The van der Waals surface area contributed by atoms with Crippen LogP contribution in [-0.2, 0) is 0 Å². The van der Waals surface area contributed by atoms with E-state index in [4.69, 9.17) is 9.47 Å². The van der Waals surface area contributed by atoms with Crippen LogP contribution in [0.5, 0.6) is 11.5 Å². The Balaban J connectivity index is 1.83. The van der Waals surface area contributed by atoms with Gasteiger partial charge >= 0.3 is 0 Å². The lowest BCUT2D eigenvalue weighted by atomic mass is 10.1. The van der Waals surface area contributed by atoms with Crippen molar-refractivity contribution in [3.8, 4) is 11.5 Å². The fourth-order valence-electron chi connectivity index (χ4n) is 1.92. The maximum absolute atomic E-state index is 10.1. The summed E-state index contributed by atoms with van der Waals surface area (Å²) < 4.78 is 10.5. The van der Waals surface area contributed by atoms with Crippen LogP contribution in [0.2, 0.25) is 0 Å². The lowest BCUT2D eigenvalue weighted by Crippen LogP contribution is -2.22. The average molecular weight is 251 g/mol. The predicted octanol–water partition coefficient (Wildman–Crippen LogP) is 2.08. The van der Waals surface area contributed by atoms with Gasteiger partial charge in [0.05, 0.1) is 6.10 Å². The van der Waals surface area contributed by atoms with Crippen molar-refractivity contribution in [1.29, 1.82) is 0 Å². The largest absolute Gasteiger partial charge is 0.454 e. The number of fused-ring (bicyclic) bond motifs is 1. The first-order valence-corrected chi connectivity index (χ1v) is 6.45. The molecule has 0 aromatic heterocycles. The summed E-state index contributed by atoms with van der Waals surface area (Å²) in [6.07, 6.45) is 0.242. The lowest BCUT2D eigenvalue weighted by molar-refractivity contribution is 0.164. The molecule has 2 N–H and O–H groups in total. The summed E-state index contributed by atoms with van der Waals surface area (Å²) in [7, 11) is 0. The highest BCUT2D eigenvalue weighted by molar-refractivity contribution is 5.45. The van der Waals surface area contributed by atoms with Gasteiger partial charge in [0.2, 0.25) is 6.79 Å². The molecular formula is C14H21NO3. The third-order valence-electron chi connectivity index (χ3n) is 2.93. The Bertz CT molecular complexity index is 393. The minimum absolute atomic E-state index is 0.269. The van der Waals surface area contributed by atoms with E-state index in [0.717, 1.165) is 30.2 Å². The zero-order chi connectivity index (χ0) is 13.0. The Hall–Kier alpha value is -1.26. The van der Waals surface area contributed by atoms with E-state index in [-0.39, 0.29) is 6.79 Å². The number of ether oxygens (including phenoxy) is 2. The van der Waals surface area contributed by atoms with Crippen molar-refractivity contribution in [2.24, 2.45) is 5.92 Å². The number of hydrogen-bond donors (Lipinski definition) is 2. The quantitative estimate of drug-likeness (QED) is 0.760. The minimum Gasteiger partial charge on any atom is -0.454 e. The Morgan fingerprint density at radius 1 is 1.28 bits per heavy atom. The highest BCUT2D eigenvalue weighted by Gasteiger charge is 2.16. The molecule has 1 unspecified atom stereocenters. The highest BCUT2D eigenvalue weighted by Crippen LogP contribution is 2.34. The number of aliphatic hydroxyl groups is 1. The monoisotopic (exact) mass is 251 g/mol. The molecule has 1 aromatic carbocycles. The van der Waals surface area contributed by atoms with Crippen LogP contribution in [0.4, 0.5) is 0 Å². The van der Waals surface area contributed by atoms with E-state index >= 15 is 0 Å². The molecule has 4 nitrogen and oxygen atoms in total. The molecule has 1 atom stereocenters. The van der Waals surface area contributed by atoms with Crippen molar-refractivity contribution in [2.45, 2.75) is 26.4 Å². The van der Waals surface area contributed by atoms with Gasteiger partial charge in [-0.05, 0) is 43.1 Å². The molecule has 0 saturated heterocycles. The minimum atomic E-state index is -0.459. The van der Waals surface area contributed by atoms with E-state index in [1.54, 1.807) is 0 Å². The molecule has 0 fully saturated rings. The molecule has 1 heterocycles. The zero-order valence-electron chi connectivity index (χ0n) is 11.0. The van der Waals surface area contributed by atoms with Crippen molar-refractivity contribution in [3.05, 3.63) is 23.8 Å². The molecule has 4 heteroatoms. The third-order valence-corrected chi connectivity index (χ3v) is 2.93. The third kappa shape index (κ3) is 3.37. The van der Waals surface area contributed by atoms with Gasteiger partial charge in [-0.1, -0.05) is 19.9 Å². The van der Waals surface area contributed by atoms with E-state index in [0.29, 0.717) is 12.3 Å². The number of rotatable bonds is 6. The van der Waals surface area contributed by atoms with E-state index in [2.05, 4.69) is 19.2 Å². The van der Waals surface area contributed by atoms with Crippen molar-refractivity contribution >= 4 is 0 Å². The zero-order valence-corrected chi connectivity index (χ0v) is 11.0. The topological polar surface area (TPSA) is 50.7 Å². The van der Waals surface area contributed by atoms with E-state index in [1.165, 1.54) is 0 Å². The van der Waals surface area contributed by atoms with E-state index in [1.807, 2.05) is 18.2 Å². The van der Waals surface area contributed by atoms with Crippen molar-refractivity contribution in [2.75, 3.05) is 19.9 Å². The van der Waals surface area contributed by atoms with Crippen LogP contribution < -0.4 is 14.8 Å². The number of aliphatic hydroxyl groups excluding tert-OH is 1. The van der Waals surface area contributed by atoms with Crippen molar-refractivity contribution < 1.29 is 14.6 Å². The second-order valence-corrected chi connectivity index (χ2v) is 5.02. The molecule has 0 bridgehead atoms. The molecule has 18 heavy (non-hydrogen) atoms. The van der Waals surface area contributed by atoms with E-state index in [9.17, 15) is 5.11 Å². The van der Waals surface area contributed by atoms with Crippen molar-refractivity contribution in [1.82, 2.24) is 5.32 Å². The molecular weight excluding hydrogens is 230 g/mol. The van der Waals surface area contributed by atoms with Crippen LogP contribution in [0.1, 0.15) is 31.9 Å². The van der Waals surface area contributed by atoms with Crippen LogP contribution in [0.25, 0.3) is 0 Å². The SMILES string of the molecule is CC(C)CNCCC(O)c1ccc2c(c1)OCO2. The Morgan fingerprint density at radius 2 is 2.06 bits per heavy atom. The Morgan fingerprint density at radius 3 is 2.83 bits per heavy atom. The summed E-state index contributed by atoms with van der Waals surface area (Å²) in [6.45, 7) is 6.40. The predicted molar refractivity (Wildman–Crippen MR) is 69.8 cm³/mol. The number of benzene rings is 1. The van der Waals surface area contributed by atoms with Crippen LogP contribution in [0, 0.1) is 5.92 Å². The summed E-state index contributed by atoms with van der Waals surface area (Å²) in [5, 5.41) is 13.4. The molecule has 0 aliphatic carbocycles. The second-order valence-electron chi connectivity index (χ2n) is 5.02. The van der Waals surface area contributed by atoms with Gasteiger partial charge < -0.3 is 19.9 Å². The molecule has 0 saturated carbocycles. The summed E-state index contributed by atoms with van der Waals surface area (Å²) in [5.74, 6) is 2.11. The highest BCUT2D eigenvalue weighted by atomic mass is 16.7. The average Bonchev–Trinajstić information content (AvgIpc) is 2.81. The molecule has 0 radical (unpaired) electrons. The smallest absolute Gasteiger partial charge is 0.231 e. The number of hydrogen-bond acceptors (Lipinski definition) is 4. The fourth-order valence-corrected chi connectivity index (χ4v) is 1.92. The molecule has 0 spiro atoms. The second kappa shape index (κ2) is 6.07. The van der Waals surface area contributed by atoms with Crippen LogP contribution >= 0.6 is 0 Å².